The molecule has 152 valence electrons. The molecular weight excluding hydrogens is 398 g/mol. The molecule has 2 aromatic heterocycles. The molecule has 0 fully saturated rings. The summed E-state index contributed by atoms with van der Waals surface area (Å²) in [5, 5.41) is 5.33. The Morgan fingerprint density at radius 3 is 2.60 bits per heavy atom. The zero-order valence-corrected chi connectivity index (χ0v) is 17.1. The van der Waals surface area contributed by atoms with Gasteiger partial charge in [0.1, 0.15) is 17.2 Å². The van der Waals surface area contributed by atoms with Crippen LogP contribution in [0, 0.1) is 0 Å². The molecule has 0 aliphatic rings. The molecule has 2 aromatic carbocycles. The van der Waals surface area contributed by atoms with E-state index in [0.29, 0.717) is 25.1 Å². The molecule has 0 saturated heterocycles. The average molecular weight is 420 g/mol. The minimum atomic E-state index is -0.109. The van der Waals surface area contributed by atoms with Gasteiger partial charge in [-0.25, -0.2) is 4.98 Å². The monoisotopic (exact) mass is 419 g/mol. The number of nitrogens with one attached hydrogen (secondary N) is 1. The summed E-state index contributed by atoms with van der Waals surface area (Å²) in [6.45, 7) is 1.24. The van der Waals surface area contributed by atoms with Crippen LogP contribution in [-0.2, 0) is 24.5 Å². The number of para-hydroxylation sites is 1. The van der Waals surface area contributed by atoms with Crippen molar-refractivity contribution in [3.05, 3.63) is 93.9 Å². The van der Waals surface area contributed by atoms with Crippen LogP contribution in [0.3, 0.4) is 0 Å². The van der Waals surface area contributed by atoms with Gasteiger partial charge in [0, 0.05) is 19.5 Å². The van der Waals surface area contributed by atoms with Crippen molar-refractivity contribution in [1.82, 2.24) is 14.9 Å². The van der Waals surface area contributed by atoms with Crippen LogP contribution >= 0.6 is 11.3 Å². The summed E-state index contributed by atoms with van der Waals surface area (Å²) < 4.78 is 7.22. The number of fused-ring (bicyclic) bond motifs is 1. The van der Waals surface area contributed by atoms with Crippen molar-refractivity contribution in [2.75, 3.05) is 0 Å². The van der Waals surface area contributed by atoms with Crippen LogP contribution in [0.4, 0.5) is 0 Å². The van der Waals surface area contributed by atoms with Crippen molar-refractivity contribution in [2.24, 2.45) is 0 Å². The van der Waals surface area contributed by atoms with Crippen LogP contribution in [-0.4, -0.2) is 15.5 Å². The number of hydrogen-bond acceptors (Lipinski definition) is 5. The molecule has 1 N–H and O–H groups in total. The number of ether oxygens (including phenoxy) is 1. The van der Waals surface area contributed by atoms with Crippen molar-refractivity contribution >= 4 is 27.5 Å². The minimum Gasteiger partial charge on any atom is -0.489 e. The fourth-order valence-electron chi connectivity index (χ4n) is 3.00. The van der Waals surface area contributed by atoms with Crippen molar-refractivity contribution in [3.8, 4) is 5.75 Å². The summed E-state index contributed by atoms with van der Waals surface area (Å²) >= 11 is 1.43. The van der Waals surface area contributed by atoms with Gasteiger partial charge in [-0.3, -0.25) is 14.2 Å². The van der Waals surface area contributed by atoms with E-state index < -0.39 is 0 Å². The molecule has 2 heterocycles. The van der Waals surface area contributed by atoms with Gasteiger partial charge in [0.25, 0.3) is 5.56 Å². The first-order chi connectivity index (χ1) is 14.7. The third kappa shape index (κ3) is 4.93. The van der Waals surface area contributed by atoms with Gasteiger partial charge >= 0.3 is 0 Å². The van der Waals surface area contributed by atoms with Gasteiger partial charge in [-0.05, 0) is 34.7 Å². The molecule has 6 nitrogen and oxygen atoms in total. The number of hydrogen-bond donors (Lipinski definition) is 1. The lowest BCUT2D eigenvalue weighted by Gasteiger charge is -2.09. The van der Waals surface area contributed by atoms with Crippen LogP contribution in [0.25, 0.3) is 10.2 Å². The Hall–Kier alpha value is -3.45. The fourth-order valence-corrected chi connectivity index (χ4v) is 3.72. The second-order valence-corrected chi connectivity index (χ2v) is 7.72. The van der Waals surface area contributed by atoms with Crippen LogP contribution in [0.2, 0.25) is 0 Å². The predicted octanol–water partition coefficient (Wildman–Crippen LogP) is 3.74. The molecule has 0 aliphatic heterocycles. The lowest BCUT2D eigenvalue weighted by atomic mass is 10.1. The van der Waals surface area contributed by atoms with E-state index in [2.05, 4.69) is 10.3 Å². The Morgan fingerprint density at radius 1 is 1.03 bits per heavy atom. The molecule has 0 bridgehead atoms. The number of benzene rings is 2. The predicted molar refractivity (Wildman–Crippen MR) is 118 cm³/mol. The van der Waals surface area contributed by atoms with Crippen molar-refractivity contribution in [1.29, 1.82) is 0 Å². The summed E-state index contributed by atoms with van der Waals surface area (Å²) in [5.41, 5.74) is 1.96. The Kier molecular flexibility index (Phi) is 6.20. The van der Waals surface area contributed by atoms with Crippen molar-refractivity contribution in [2.45, 2.75) is 26.1 Å². The SMILES string of the molecule is O=C(CCn1cnc2sccc2c1=O)NCc1ccc(COc2ccccc2)cc1. The first-order valence-electron chi connectivity index (χ1n) is 9.64. The maximum atomic E-state index is 12.3. The van der Waals surface area contributed by atoms with Crippen LogP contribution < -0.4 is 15.6 Å². The topological polar surface area (TPSA) is 73.2 Å². The smallest absolute Gasteiger partial charge is 0.262 e. The Morgan fingerprint density at radius 2 is 1.80 bits per heavy atom. The Bertz CT molecular complexity index is 1180. The zero-order chi connectivity index (χ0) is 20.8. The molecular formula is C23H21N3O3S. The van der Waals surface area contributed by atoms with Gasteiger partial charge in [-0.15, -0.1) is 11.3 Å². The maximum Gasteiger partial charge on any atom is 0.262 e. The molecule has 0 saturated carbocycles. The van der Waals surface area contributed by atoms with Crippen LogP contribution in [0.1, 0.15) is 17.5 Å². The average Bonchev–Trinajstić information content (AvgIpc) is 3.27. The van der Waals surface area contributed by atoms with E-state index >= 15 is 0 Å². The number of carbonyl (C=O) groups excluding carboxylic acids is 1. The lowest BCUT2D eigenvalue weighted by molar-refractivity contribution is -0.121. The van der Waals surface area contributed by atoms with Crippen LogP contribution in [0.5, 0.6) is 5.75 Å². The van der Waals surface area contributed by atoms with Gasteiger partial charge in [-0.2, -0.15) is 0 Å². The summed E-state index contributed by atoms with van der Waals surface area (Å²) in [7, 11) is 0. The Balaban J connectivity index is 1.24. The summed E-state index contributed by atoms with van der Waals surface area (Å²) in [4.78, 5) is 29.5. The van der Waals surface area contributed by atoms with E-state index in [4.69, 9.17) is 4.74 Å². The third-order valence-corrected chi connectivity index (χ3v) is 5.51. The van der Waals surface area contributed by atoms with E-state index in [-0.39, 0.29) is 17.9 Å². The Labute approximate surface area is 177 Å². The highest BCUT2D eigenvalue weighted by Crippen LogP contribution is 2.14. The number of carbonyl (C=O) groups is 1. The summed E-state index contributed by atoms with van der Waals surface area (Å²) in [6, 6.07) is 19.4. The molecule has 4 rings (SSSR count). The van der Waals surface area contributed by atoms with Crippen molar-refractivity contribution < 1.29 is 9.53 Å². The highest BCUT2D eigenvalue weighted by molar-refractivity contribution is 7.16. The molecule has 0 atom stereocenters. The number of aryl methyl sites for hydroxylation is 1. The number of amides is 1. The molecule has 7 heteroatoms. The lowest BCUT2D eigenvalue weighted by Crippen LogP contribution is -2.27. The highest BCUT2D eigenvalue weighted by Gasteiger charge is 2.07. The molecule has 0 unspecified atom stereocenters. The van der Waals surface area contributed by atoms with Gasteiger partial charge < -0.3 is 10.1 Å². The summed E-state index contributed by atoms with van der Waals surface area (Å²) in [6.07, 6.45) is 1.73. The fraction of sp³-hybridized carbons (Fsp3) is 0.174. The largest absolute Gasteiger partial charge is 0.489 e. The number of thiophene rings is 1. The van der Waals surface area contributed by atoms with Gasteiger partial charge in [-0.1, -0.05) is 42.5 Å². The van der Waals surface area contributed by atoms with E-state index in [1.54, 1.807) is 6.07 Å². The standard InChI is InChI=1S/C23H21N3O3S/c27-21(10-12-26-16-25-22-20(23(26)28)11-13-30-22)24-14-17-6-8-18(9-7-17)15-29-19-4-2-1-3-5-19/h1-9,11,13,16H,10,12,14-15H2,(H,24,27). The molecule has 0 radical (unpaired) electrons. The van der Waals surface area contributed by atoms with E-state index in [9.17, 15) is 9.59 Å². The second kappa shape index (κ2) is 9.37. The van der Waals surface area contributed by atoms with Gasteiger partial charge in [0.05, 0.1) is 11.7 Å². The molecule has 4 aromatic rings. The van der Waals surface area contributed by atoms with Gasteiger partial charge in [0.2, 0.25) is 5.91 Å². The van der Waals surface area contributed by atoms with E-state index in [0.717, 1.165) is 21.7 Å². The number of aromatic nitrogens is 2. The third-order valence-electron chi connectivity index (χ3n) is 4.69. The highest BCUT2D eigenvalue weighted by atomic mass is 32.1. The maximum absolute atomic E-state index is 12.3. The number of nitrogens with zero attached hydrogens (tertiary/aromatic N) is 2. The van der Waals surface area contributed by atoms with Gasteiger partial charge in [0.15, 0.2) is 0 Å². The molecule has 0 aliphatic carbocycles. The zero-order valence-electron chi connectivity index (χ0n) is 16.3. The second-order valence-electron chi connectivity index (χ2n) is 6.83. The minimum absolute atomic E-state index is 0.108. The van der Waals surface area contributed by atoms with Crippen LogP contribution in [0.15, 0.2) is 77.2 Å². The summed E-state index contributed by atoms with van der Waals surface area (Å²) in [5.74, 6) is 0.727. The first kappa shape index (κ1) is 19.8. The molecule has 30 heavy (non-hydrogen) atoms. The number of rotatable bonds is 8. The van der Waals surface area contributed by atoms with E-state index in [1.165, 1.54) is 22.2 Å². The molecule has 1 amide bonds. The quantitative estimate of drug-likeness (QED) is 0.472. The van der Waals surface area contributed by atoms with Crippen molar-refractivity contribution in [3.63, 3.8) is 0 Å². The van der Waals surface area contributed by atoms with E-state index in [1.807, 2.05) is 60.0 Å². The normalized spacial score (nSPS) is 10.8. The molecule has 0 spiro atoms. The first-order valence-corrected chi connectivity index (χ1v) is 10.5.